The second kappa shape index (κ2) is 6.46. The molecule has 2 aromatic heterocycles. The zero-order chi connectivity index (χ0) is 15.5. The molecule has 1 fully saturated rings. The van der Waals surface area contributed by atoms with Crippen molar-refractivity contribution in [1.82, 2.24) is 14.5 Å². The van der Waals surface area contributed by atoms with Crippen LogP contribution in [0.3, 0.4) is 0 Å². The SMILES string of the molecule is CCNc1nc2cnc(C(C)=O)cc2n1CC1CCCCC1. The zero-order valence-corrected chi connectivity index (χ0v) is 13.4. The van der Waals surface area contributed by atoms with Crippen LogP contribution >= 0.6 is 0 Å². The van der Waals surface area contributed by atoms with Gasteiger partial charge in [0.25, 0.3) is 0 Å². The second-order valence-electron chi connectivity index (χ2n) is 6.19. The molecule has 0 atom stereocenters. The molecule has 1 aliphatic rings. The summed E-state index contributed by atoms with van der Waals surface area (Å²) < 4.78 is 2.24. The van der Waals surface area contributed by atoms with Crippen LogP contribution in [0.15, 0.2) is 12.3 Å². The highest BCUT2D eigenvalue weighted by atomic mass is 16.1. The van der Waals surface area contributed by atoms with Gasteiger partial charge in [-0.2, -0.15) is 0 Å². The first-order chi connectivity index (χ1) is 10.7. The standard InChI is InChI=1S/C17H24N4O/c1-3-18-17-20-15-10-19-14(12(2)22)9-16(15)21(17)11-13-7-5-4-6-8-13/h9-10,13H,3-8,11H2,1-2H3,(H,18,20). The van der Waals surface area contributed by atoms with Gasteiger partial charge < -0.3 is 9.88 Å². The van der Waals surface area contributed by atoms with Crippen molar-refractivity contribution >= 4 is 22.8 Å². The number of fused-ring (bicyclic) bond motifs is 1. The van der Waals surface area contributed by atoms with Crippen molar-refractivity contribution in [3.63, 3.8) is 0 Å². The average molecular weight is 300 g/mol. The highest BCUT2D eigenvalue weighted by molar-refractivity contribution is 5.95. The van der Waals surface area contributed by atoms with E-state index in [0.717, 1.165) is 30.1 Å². The summed E-state index contributed by atoms with van der Waals surface area (Å²) in [7, 11) is 0. The molecule has 0 radical (unpaired) electrons. The number of carbonyl (C=O) groups is 1. The Morgan fingerprint density at radius 3 is 2.82 bits per heavy atom. The first-order valence-electron chi connectivity index (χ1n) is 8.30. The molecule has 22 heavy (non-hydrogen) atoms. The summed E-state index contributed by atoms with van der Waals surface area (Å²) >= 11 is 0. The number of rotatable bonds is 5. The minimum atomic E-state index is -0.00248. The van der Waals surface area contributed by atoms with Crippen LogP contribution in [0, 0.1) is 5.92 Å². The van der Waals surface area contributed by atoms with E-state index in [4.69, 9.17) is 0 Å². The normalized spacial score (nSPS) is 16.1. The molecular weight excluding hydrogens is 276 g/mol. The number of imidazole rings is 1. The number of pyridine rings is 1. The largest absolute Gasteiger partial charge is 0.356 e. The molecule has 0 aromatic carbocycles. The number of hydrogen-bond donors (Lipinski definition) is 1. The van der Waals surface area contributed by atoms with Gasteiger partial charge in [0.2, 0.25) is 5.95 Å². The summed E-state index contributed by atoms with van der Waals surface area (Å²) in [6.07, 6.45) is 8.30. The number of aromatic nitrogens is 3. The van der Waals surface area contributed by atoms with Gasteiger partial charge >= 0.3 is 0 Å². The minimum absolute atomic E-state index is 0.00248. The van der Waals surface area contributed by atoms with Crippen molar-refractivity contribution in [3.05, 3.63) is 18.0 Å². The number of Topliss-reactive ketones (excluding diaryl/α,β-unsaturated/α-hetero) is 1. The monoisotopic (exact) mass is 300 g/mol. The van der Waals surface area contributed by atoms with Gasteiger partial charge in [0.05, 0.1) is 11.7 Å². The van der Waals surface area contributed by atoms with Gasteiger partial charge in [0, 0.05) is 20.0 Å². The molecule has 3 rings (SSSR count). The van der Waals surface area contributed by atoms with E-state index in [9.17, 15) is 4.79 Å². The van der Waals surface area contributed by atoms with Crippen LogP contribution in [0.4, 0.5) is 5.95 Å². The van der Waals surface area contributed by atoms with Gasteiger partial charge in [-0.25, -0.2) is 4.98 Å². The molecule has 0 bridgehead atoms. The van der Waals surface area contributed by atoms with Gasteiger partial charge in [-0.15, -0.1) is 0 Å². The lowest BCUT2D eigenvalue weighted by Gasteiger charge is -2.23. The molecule has 0 aliphatic heterocycles. The van der Waals surface area contributed by atoms with Crippen LogP contribution in [0.5, 0.6) is 0 Å². The first kappa shape index (κ1) is 15.0. The lowest BCUT2D eigenvalue weighted by molar-refractivity contribution is 0.101. The van der Waals surface area contributed by atoms with Crippen LogP contribution in [-0.4, -0.2) is 26.9 Å². The third kappa shape index (κ3) is 2.98. The molecule has 0 unspecified atom stereocenters. The van der Waals surface area contributed by atoms with E-state index in [2.05, 4.69) is 26.8 Å². The van der Waals surface area contributed by atoms with E-state index < -0.39 is 0 Å². The van der Waals surface area contributed by atoms with Gasteiger partial charge in [-0.3, -0.25) is 9.78 Å². The summed E-state index contributed by atoms with van der Waals surface area (Å²) in [6, 6.07) is 1.88. The van der Waals surface area contributed by atoms with Crippen molar-refractivity contribution in [1.29, 1.82) is 0 Å². The number of nitrogens with one attached hydrogen (secondary N) is 1. The van der Waals surface area contributed by atoms with Crippen LogP contribution in [-0.2, 0) is 6.54 Å². The van der Waals surface area contributed by atoms with Crippen molar-refractivity contribution < 1.29 is 4.79 Å². The Morgan fingerprint density at radius 1 is 1.36 bits per heavy atom. The Hall–Kier alpha value is -1.91. The molecule has 118 valence electrons. The molecule has 1 saturated carbocycles. The van der Waals surface area contributed by atoms with Crippen LogP contribution < -0.4 is 5.32 Å². The Kier molecular flexibility index (Phi) is 4.41. The highest BCUT2D eigenvalue weighted by Gasteiger charge is 2.19. The van der Waals surface area contributed by atoms with E-state index in [-0.39, 0.29) is 5.78 Å². The summed E-state index contributed by atoms with van der Waals surface area (Å²) in [5, 5.41) is 3.34. The molecule has 1 aliphatic carbocycles. The van der Waals surface area contributed by atoms with Crippen molar-refractivity contribution in [3.8, 4) is 0 Å². The summed E-state index contributed by atoms with van der Waals surface area (Å²) in [4.78, 5) is 20.5. The topological polar surface area (TPSA) is 59.8 Å². The number of nitrogens with zero attached hydrogens (tertiary/aromatic N) is 3. The number of carbonyl (C=O) groups excluding carboxylic acids is 1. The number of ketones is 1. The van der Waals surface area contributed by atoms with Crippen molar-refractivity contribution in [2.24, 2.45) is 5.92 Å². The minimum Gasteiger partial charge on any atom is -0.356 e. The zero-order valence-electron chi connectivity index (χ0n) is 13.4. The second-order valence-corrected chi connectivity index (χ2v) is 6.19. The van der Waals surface area contributed by atoms with E-state index in [0.29, 0.717) is 11.6 Å². The predicted molar refractivity (Wildman–Crippen MR) is 88.3 cm³/mol. The Balaban J connectivity index is 2.00. The van der Waals surface area contributed by atoms with Gasteiger partial charge in [0.15, 0.2) is 5.78 Å². The Bertz CT molecular complexity index is 671. The summed E-state index contributed by atoms with van der Waals surface area (Å²) in [6.45, 7) is 5.44. The summed E-state index contributed by atoms with van der Waals surface area (Å²) in [5.74, 6) is 1.60. The molecule has 2 aromatic rings. The lowest BCUT2D eigenvalue weighted by Crippen LogP contribution is -2.16. The van der Waals surface area contributed by atoms with E-state index in [1.54, 1.807) is 13.1 Å². The third-order valence-electron chi connectivity index (χ3n) is 4.50. The molecular formula is C17H24N4O. The summed E-state index contributed by atoms with van der Waals surface area (Å²) in [5.41, 5.74) is 2.39. The molecule has 5 nitrogen and oxygen atoms in total. The van der Waals surface area contributed by atoms with Crippen molar-refractivity contribution in [2.75, 3.05) is 11.9 Å². The van der Waals surface area contributed by atoms with E-state index >= 15 is 0 Å². The van der Waals surface area contributed by atoms with E-state index in [1.165, 1.54) is 32.1 Å². The Labute approximate surface area is 131 Å². The molecule has 5 heteroatoms. The highest BCUT2D eigenvalue weighted by Crippen LogP contribution is 2.28. The predicted octanol–water partition coefficient (Wildman–Crippen LogP) is 3.65. The Morgan fingerprint density at radius 2 is 2.14 bits per heavy atom. The smallest absolute Gasteiger partial charge is 0.203 e. The fourth-order valence-electron chi connectivity index (χ4n) is 3.33. The van der Waals surface area contributed by atoms with Gasteiger partial charge in [0.1, 0.15) is 11.2 Å². The number of hydrogen-bond acceptors (Lipinski definition) is 4. The quantitative estimate of drug-likeness (QED) is 0.856. The fraction of sp³-hybridized carbons (Fsp3) is 0.588. The average Bonchev–Trinajstić information content (AvgIpc) is 2.86. The van der Waals surface area contributed by atoms with Crippen LogP contribution in [0.1, 0.15) is 56.4 Å². The van der Waals surface area contributed by atoms with Crippen molar-refractivity contribution in [2.45, 2.75) is 52.5 Å². The molecule has 2 heterocycles. The van der Waals surface area contributed by atoms with E-state index in [1.807, 2.05) is 6.07 Å². The number of anilines is 1. The van der Waals surface area contributed by atoms with Crippen LogP contribution in [0.2, 0.25) is 0 Å². The maximum absolute atomic E-state index is 11.6. The maximum atomic E-state index is 11.6. The maximum Gasteiger partial charge on any atom is 0.203 e. The van der Waals surface area contributed by atoms with Gasteiger partial charge in [-0.1, -0.05) is 19.3 Å². The first-order valence-corrected chi connectivity index (χ1v) is 8.30. The molecule has 1 N–H and O–H groups in total. The molecule has 0 saturated heterocycles. The fourth-order valence-corrected chi connectivity index (χ4v) is 3.33. The molecule has 0 amide bonds. The lowest BCUT2D eigenvalue weighted by atomic mass is 9.89. The van der Waals surface area contributed by atoms with Gasteiger partial charge in [-0.05, 0) is 31.7 Å². The third-order valence-corrected chi connectivity index (χ3v) is 4.50. The van der Waals surface area contributed by atoms with Crippen LogP contribution in [0.25, 0.3) is 11.0 Å². The molecule has 0 spiro atoms.